The fourth-order valence-electron chi connectivity index (χ4n) is 2.29. The molecule has 1 saturated heterocycles. The summed E-state index contributed by atoms with van der Waals surface area (Å²) in [5, 5.41) is 2.98. The van der Waals surface area contributed by atoms with Gasteiger partial charge in [-0.15, -0.1) is 0 Å². The van der Waals surface area contributed by atoms with Gasteiger partial charge in [-0.3, -0.25) is 9.69 Å². The lowest BCUT2D eigenvalue weighted by Crippen LogP contribution is -2.54. The molecule has 5 heteroatoms. The van der Waals surface area contributed by atoms with Crippen LogP contribution in [0.25, 0.3) is 0 Å². The Bertz CT molecular complexity index is 281. The van der Waals surface area contributed by atoms with E-state index in [1.165, 1.54) is 0 Å². The Morgan fingerprint density at radius 1 is 1.37 bits per heavy atom. The molecule has 0 radical (unpaired) electrons. The van der Waals surface area contributed by atoms with Crippen molar-refractivity contribution in [2.45, 2.75) is 45.7 Å². The molecule has 1 amide bonds. The number of carbonyl (C=O) groups is 1. The van der Waals surface area contributed by atoms with Gasteiger partial charge in [0.25, 0.3) is 0 Å². The number of rotatable bonds is 6. The summed E-state index contributed by atoms with van der Waals surface area (Å²) in [6, 6.07) is 0.371. The number of ether oxygens (including phenoxy) is 1. The predicted octanol–water partition coefficient (Wildman–Crippen LogP) is 0.587. The predicted molar refractivity (Wildman–Crippen MR) is 76.9 cm³/mol. The van der Waals surface area contributed by atoms with Crippen molar-refractivity contribution in [3.8, 4) is 0 Å². The third-order valence-electron chi connectivity index (χ3n) is 3.39. The zero-order valence-corrected chi connectivity index (χ0v) is 12.7. The van der Waals surface area contributed by atoms with Crippen LogP contribution in [-0.4, -0.2) is 55.2 Å². The molecule has 1 rings (SSSR count). The Labute approximate surface area is 116 Å². The van der Waals surface area contributed by atoms with Crippen LogP contribution in [0.4, 0.5) is 0 Å². The van der Waals surface area contributed by atoms with E-state index in [1.54, 1.807) is 13.8 Å². The molecule has 1 unspecified atom stereocenters. The number of nitrogens with one attached hydrogen (secondary N) is 1. The molecule has 1 aliphatic heterocycles. The zero-order chi connectivity index (χ0) is 14.5. The van der Waals surface area contributed by atoms with Gasteiger partial charge in [-0.05, 0) is 26.2 Å². The average Bonchev–Trinajstić information content (AvgIpc) is 2.33. The van der Waals surface area contributed by atoms with Crippen molar-refractivity contribution in [2.75, 3.05) is 32.8 Å². The maximum Gasteiger partial charge on any atom is 0.239 e. The summed E-state index contributed by atoms with van der Waals surface area (Å²) >= 11 is 0. The molecular weight excluding hydrogens is 242 g/mol. The lowest BCUT2D eigenvalue weighted by molar-refractivity contribution is -0.125. The van der Waals surface area contributed by atoms with Gasteiger partial charge in [-0.25, -0.2) is 0 Å². The number of hydrogen-bond donors (Lipinski definition) is 2. The van der Waals surface area contributed by atoms with Crippen LogP contribution in [0, 0.1) is 5.92 Å². The lowest BCUT2D eigenvalue weighted by atomic mass is 10.0. The molecule has 0 saturated carbocycles. The molecule has 3 N–H and O–H groups in total. The normalized spacial score (nSPS) is 19.5. The molecule has 112 valence electrons. The molecule has 0 spiro atoms. The SMILES string of the molecule is CC(C)CC(CNC(=O)C(C)(C)N)N1CCOCC1. The Morgan fingerprint density at radius 2 is 1.95 bits per heavy atom. The standard InChI is InChI=1S/C14H29N3O2/c1-11(2)9-12(17-5-7-19-8-6-17)10-16-13(18)14(3,4)15/h11-12H,5-10,15H2,1-4H3,(H,16,18). The molecule has 0 aromatic carbocycles. The summed E-state index contributed by atoms with van der Waals surface area (Å²) in [6.45, 7) is 12.0. The Balaban J connectivity index is 2.51. The van der Waals surface area contributed by atoms with Gasteiger partial charge in [0, 0.05) is 25.7 Å². The number of nitrogens with zero attached hydrogens (tertiary/aromatic N) is 1. The highest BCUT2D eigenvalue weighted by molar-refractivity contribution is 5.85. The van der Waals surface area contributed by atoms with Crippen molar-refractivity contribution in [3.63, 3.8) is 0 Å². The third kappa shape index (κ3) is 5.89. The highest BCUT2D eigenvalue weighted by Crippen LogP contribution is 2.13. The van der Waals surface area contributed by atoms with Gasteiger partial charge in [0.2, 0.25) is 5.91 Å². The molecule has 1 heterocycles. The zero-order valence-electron chi connectivity index (χ0n) is 12.7. The number of morpholine rings is 1. The highest BCUT2D eigenvalue weighted by atomic mass is 16.5. The summed E-state index contributed by atoms with van der Waals surface area (Å²) in [6.07, 6.45) is 1.07. The molecular formula is C14H29N3O2. The van der Waals surface area contributed by atoms with Gasteiger partial charge in [0.1, 0.15) is 0 Å². The molecule has 0 bridgehead atoms. The van der Waals surface area contributed by atoms with Crippen molar-refractivity contribution in [1.29, 1.82) is 0 Å². The van der Waals surface area contributed by atoms with E-state index in [4.69, 9.17) is 10.5 Å². The minimum atomic E-state index is -0.812. The number of amides is 1. The van der Waals surface area contributed by atoms with Gasteiger partial charge < -0.3 is 15.8 Å². The Morgan fingerprint density at radius 3 is 2.42 bits per heavy atom. The topological polar surface area (TPSA) is 67.6 Å². The molecule has 1 aliphatic rings. The van der Waals surface area contributed by atoms with Crippen LogP contribution in [0.3, 0.4) is 0 Å². The molecule has 0 aliphatic carbocycles. The monoisotopic (exact) mass is 271 g/mol. The molecule has 1 fully saturated rings. The Hall–Kier alpha value is -0.650. The first-order valence-corrected chi connectivity index (χ1v) is 7.19. The van der Waals surface area contributed by atoms with Gasteiger partial charge in [0.15, 0.2) is 0 Å². The maximum atomic E-state index is 11.9. The summed E-state index contributed by atoms with van der Waals surface area (Å²) in [4.78, 5) is 14.3. The second-order valence-corrected chi connectivity index (χ2v) is 6.36. The van der Waals surface area contributed by atoms with E-state index in [-0.39, 0.29) is 5.91 Å². The number of carbonyl (C=O) groups excluding carboxylic acids is 1. The number of nitrogens with two attached hydrogens (primary N) is 1. The van der Waals surface area contributed by atoms with E-state index in [0.717, 1.165) is 32.7 Å². The van der Waals surface area contributed by atoms with Crippen LogP contribution in [0.15, 0.2) is 0 Å². The fourth-order valence-corrected chi connectivity index (χ4v) is 2.29. The summed E-state index contributed by atoms with van der Waals surface area (Å²) in [7, 11) is 0. The summed E-state index contributed by atoms with van der Waals surface area (Å²) in [5.41, 5.74) is 4.99. The molecule has 1 atom stereocenters. The van der Waals surface area contributed by atoms with E-state index in [2.05, 4.69) is 24.1 Å². The van der Waals surface area contributed by atoms with Crippen LogP contribution >= 0.6 is 0 Å². The minimum absolute atomic E-state index is 0.0884. The van der Waals surface area contributed by atoms with Crippen LogP contribution < -0.4 is 11.1 Å². The first-order chi connectivity index (χ1) is 8.80. The van der Waals surface area contributed by atoms with E-state index >= 15 is 0 Å². The summed E-state index contributed by atoms with van der Waals surface area (Å²) < 4.78 is 5.39. The minimum Gasteiger partial charge on any atom is -0.379 e. The maximum absolute atomic E-state index is 11.9. The average molecular weight is 271 g/mol. The smallest absolute Gasteiger partial charge is 0.239 e. The van der Waals surface area contributed by atoms with Crippen molar-refractivity contribution in [1.82, 2.24) is 10.2 Å². The van der Waals surface area contributed by atoms with Crippen LogP contribution in [0.2, 0.25) is 0 Å². The summed E-state index contributed by atoms with van der Waals surface area (Å²) in [5.74, 6) is 0.519. The van der Waals surface area contributed by atoms with Gasteiger partial charge >= 0.3 is 0 Å². The highest BCUT2D eigenvalue weighted by Gasteiger charge is 2.26. The molecule has 5 nitrogen and oxygen atoms in total. The second kappa shape index (κ2) is 7.22. The van der Waals surface area contributed by atoms with E-state index in [1.807, 2.05) is 0 Å². The van der Waals surface area contributed by atoms with Crippen LogP contribution in [0.1, 0.15) is 34.1 Å². The van der Waals surface area contributed by atoms with E-state index in [9.17, 15) is 4.79 Å². The first kappa shape index (κ1) is 16.4. The van der Waals surface area contributed by atoms with Gasteiger partial charge in [-0.1, -0.05) is 13.8 Å². The molecule has 0 aromatic heterocycles. The fraction of sp³-hybridized carbons (Fsp3) is 0.929. The molecule has 19 heavy (non-hydrogen) atoms. The third-order valence-corrected chi connectivity index (χ3v) is 3.39. The van der Waals surface area contributed by atoms with Gasteiger partial charge in [0.05, 0.1) is 18.8 Å². The quantitative estimate of drug-likeness (QED) is 0.742. The van der Waals surface area contributed by atoms with E-state index < -0.39 is 5.54 Å². The second-order valence-electron chi connectivity index (χ2n) is 6.36. The van der Waals surface area contributed by atoms with Crippen molar-refractivity contribution >= 4 is 5.91 Å². The molecule has 0 aromatic rings. The van der Waals surface area contributed by atoms with Crippen molar-refractivity contribution in [2.24, 2.45) is 11.7 Å². The lowest BCUT2D eigenvalue weighted by Gasteiger charge is -2.36. The largest absolute Gasteiger partial charge is 0.379 e. The van der Waals surface area contributed by atoms with Crippen molar-refractivity contribution < 1.29 is 9.53 Å². The van der Waals surface area contributed by atoms with Crippen LogP contribution in [-0.2, 0) is 9.53 Å². The Kier molecular flexibility index (Phi) is 6.23. The van der Waals surface area contributed by atoms with Crippen LogP contribution in [0.5, 0.6) is 0 Å². The van der Waals surface area contributed by atoms with E-state index in [0.29, 0.717) is 18.5 Å². The van der Waals surface area contributed by atoms with Crippen molar-refractivity contribution in [3.05, 3.63) is 0 Å². The van der Waals surface area contributed by atoms with Gasteiger partial charge in [-0.2, -0.15) is 0 Å². The first-order valence-electron chi connectivity index (χ1n) is 7.19. The number of hydrogen-bond acceptors (Lipinski definition) is 4.